The second-order valence-electron chi connectivity index (χ2n) is 6.44. The highest BCUT2D eigenvalue weighted by atomic mass is 19.1. The summed E-state index contributed by atoms with van der Waals surface area (Å²) in [7, 11) is 0. The standard InChI is InChI=1S/C20H18FN5O3/c1-2-18(27)24-19-11-26(20(28)29-19)14-4-5-15(16(21)9-14)13-3-6-17(23-10-13)25-8-7-22-12-25/h3-10,12,19H,2,11H2,1H3,(H,24,27)/t19-/m0/s1. The summed E-state index contributed by atoms with van der Waals surface area (Å²) in [4.78, 5) is 33.1. The van der Waals surface area contributed by atoms with Gasteiger partial charge in [-0.2, -0.15) is 0 Å². The van der Waals surface area contributed by atoms with E-state index in [4.69, 9.17) is 4.74 Å². The predicted octanol–water partition coefficient (Wildman–Crippen LogP) is 2.88. The maximum Gasteiger partial charge on any atom is 0.416 e. The molecule has 29 heavy (non-hydrogen) atoms. The molecule has 1 aliphatic rings. The largest absolute Gasteiger partial charge is 0.423 e. The number of carbonyl (C=O) groups excluding carboxylic acids is 2. The van der Waals surface area contributed by atoms with Gasteiger partial charge in [0, 0.05) is 36.1 Å². The topological polar surface area (TPSA) is 89.4 Å². The van der Waals surface area contributed by atoms with Crippen LogP contribution in [0.5, 0.6) is 0 Å². The first-order chi connectivity index (χ1) is 14.0. The van der Waals surface area contributed by atoms with Crippen molar-refractivity contribution in [3.8, 4) is 16.9 Å². The summed E-state index contributed by atoms with van der Waals surface area (Å²) in [6.07, 6.45) is 5.52. The van der Waals surface area contributed by atoms with Crippen LogP contribution in [0, 0.1) is 5.82 Å². The highest BCUT2D eigenvalue weighted by molar-refractivity contribution is 5.90. The van der Waals surface area contributed by atoms with E-state index < -0.39 is 18.1 Å². The van der Waals surface area contributed by atoms with Crippen LogP contribution < -0.4 is 10.2 Å². The second-order valence-corrected chi connectivity index (χ2v) is 6.44. The van der Waals surface area contributed by atoms with E-state index in [0.717, 1.165) is 0 Å². The number of ether oxygens (including phenoxy) is 1. The summed E-state index contributed by atoms with van der Waals surface area (Å²) in [5.74, 6) is -0.0467. The lowest BCUT2D eigenvalue weighted by molar-refractivity contribution is -0.123. The monoisotopic (exact) mass is 395 g/mol. The molecule has 1 saturated heterocycles. The van der Waals surface area contributed by atoms with Gasteiger partial charge < -0.3 is 10.1 Å². The Bertz CT molecular complexity index is 1040. The summed E-state index contributed by atoms with van der Waals surface area (Å²) in [5, 5.41) is 2.60. The van der Waals surface area contributed by atoms with E-state index in [9.17, 15) is 14.0 Å². The van der Waals surface area contributed by atoms with E-state index in [1.165, 1.54) is 11.0 Å². The fourth-order valence-electron chi connectivity index (χ4n) is 3.03. The molecule has 1 N–H and O–H groups in total. The molecule has 3 aromatic rings. The lowest BCUT2D eigenvalue weighted by Crippen LogP contribution is -2.37. The predicted molar refractivity (Wildman–Crippen MR) is 103 cm³/mol. The highest BCUT2D eigenvalue weighted by Crippen LogP contribution is 2.29. The molecular formula is C20H18FN5O3. The average molecular weight is 395 g/mol. The number of halogens is 1. The molecule has 1 fully saturated rings. The summed E-state index contributed by atoms with van der Waals surface area (Å²) in [5.41, 5.74) is 1.32. The van der Waals surface area contributed by atoms with E-state index in [-0.39, 0.29) is 18.9 Å². The molecule has 0 spiro atoms. The number of hydrogen-bond donors (Lipinski definition) is 1. The third kappa shape index (κ3) is 3.79. The fraction of sp³-hybridized carbons (Fsp3) is 0.200. The Kier molecular flexibility index (Phi) is 4.94. The van der Waals surface area contributed by atoms with E-state index in [2.05, 4.69) is 15.3 Å². The molecule has 0 unspecified atom stereocenters. The quantitative estimate of drug-likeness (QED) is 0.718. The molecular weight excluding hydrogens is 377 g/mol. The van der Waals surface area contributed by atoms with E-state index in [1.807, 2.05) is 0 Å². The van der Waals surface area contributed by atoms with Crippen molar-refractivity contribution in [3.63, 3.8) is 0 Å². The van der Waals surface area contributed by atoms with E-state index >= 15 is 0 Å². The van der Waals surface area contributed by atoms with Crippen molar-refractivity contribution in [2.45, 2.75) is 19.6 Å². The van der Waals surface area contributed by atoms with Gasteiger partial charge in [-0.05, 0) is 30.3 Å². The smallest absolute Gasteiger partial charge is 0.416 e. The van der Waals surface area contributed by atoms with Crippen molar-refractivity contribution in [1.82, 2.24) is 19.9 Å². The lowest BCUT2D eigenvalue weighted by Gasteiger charge is -2.14. The van der Waals surface area contributed by atoms with Crippen LogP contribution in [0.2, 0.25) is 0 Å². The maximum absolute atomic E-state index is 14.8. The minimum atomic E-state index is -0.752. The number of carbonyl (C=O) groups is 2. The van der Waals surface area contributed by atoms with Gasteiger partial charge in [0.25, 0.3) is 0 Å². The Morgan fingerprint density at radius 3 is 2.86 bits per heavy atom. The molecule has 0 bridgehead atoms. The molecule has 9 heteroatoms. The fourth-order valence-corrected chi connectivity index (χ4v) is 3.03. The lowest BCUT2D eigenvalue weighted by atomic mass is 10.1. The van der Waals surface area contributed by atoms with Crippen LogP contribution in [0.15, 0.2) is 55.2 Å². The second kappa shape index (κ2) is 7.70. The Balaban J connectivity index is 1.52. The van der Waals surface area contributed by atoms with Crippen molar-refractivity contribution in [3.05, 3.63) is 61.1 Å². The van der Waals surface area contributed by atoms with Gasteiger partial charge in [-0.15, -0.1) is 0 Å². The average Bonchev–Trinajstić information content (AvgIpc) is 3.38. The molecule has 0 radical (unpaired) electrons. The number of pyridine rings is 1. The molecule has 148 valence electrons. The van der Waals surface area contributed by atoms with Crippen LogP contribution in [0.3, 0.4) is 0 Å². The normalized spacial score (nSPS) is 16.0. The number of rotatable bonds is 5. The van der Waals surface area contributed by atoms with Crippen molar-refractivity contribution in [1.29, 1.82) is 0 Å². The van der Waals surface area contributed by atoms with Crippen LogP contribution in [0.25, 0.3) is 16.9 Å². The molecule has 1 atom stereocenters. The minimum Gasteiger partial charge on any atom is -0.423 e. The number of hydrogen-bond acceptors (Lipinski definition) is 5. The Morgan fingerprint density at radius 1 is 1.34 bits per heavy atom. The molecule has 2 aromatic heterocycles. The Labute approximate surface area is 165 Å². The molecule has 2 amide bonds. The molecule has 4 rings (SSSR count). The first-order valence-corrected chi connectivity index (χ1v) is 9.07. The molecule has 3 heterocycles. The third-order valence-corrected chi connectivity index (χ3v) is 4.55. The molecule has 1 aromatic carbocycles. The number of nitrogens with zero attached hydrogens (tertiary/aromatic N) is 4. The Hall–Kier alpha value is -3.75. The first-order valence-electron chi connectivity index (χ1n) is 9.07. The van der Waals surface area contributed by atoms with Gasteiger partial charge in [0.05, 0.1) is 12.2 Å². The van der Waals surface area contributed by atoms with Crippen LogP contribution in [-0.4, -0.2) is 39.3 Å². The zero-order valence-electron chi connectivity index (χ0n) is 15.6. The molecule has 1 aliphatic heterocycles. The van der Waals surface area contributed by atoms with Gasteiger partial charge in [0.1, 0.15) is 18.0 Å². The number of aromatic nitrogens is 3. The van der Waals surface area contributed by atoms with Crippen molar-refractivity contribution >= 4 is 17.7 Å². The van der Waals surface area contributed by atoms with Crippen molar-refractivity contribution in [2.75, 3.05) is 11.4 Å². The maximum atomic E-state index is 14.8. The van der Waals surface area contributed by atoms with Crippen molar-refractivity contribution in [2.24, 2.45) is 0 Å². The number of anilines is 1. The van der Waals surface area contributed by atoms with E-state index in [1.54, 1.807) is 60.7 Å². The zero-order valence-corrected chi connectivity index (χ0v) is 15.6. The zero-order chi connectivity index (χ0) is 20.4. The molecule has 0 aliphatic carbocycles. The molecule has 8 nitrogen and oxygen atoms in total. The minimum absolute atomic E-state index is 0.116. The van der Waals surface area contributed by atoms with Gasteiger partial charge >= 0.3 is 6.09 Å². The first kappa shape index (κ1) is 18.6. The van der Waals surface area contributed by atoms with Gasteiger partial charge in [0.2, 0.25) is 5.91 Å². The number of amides is 2. The van der Waals surface area contributed by atoms with Gasteiger partial charge in [-0.1, -0.05) is 6.92 Å². The van der Waals surface area contributed by atoms with Gasteiger partial charge in [-0.3, -0.25) is 14.3 Å². The SMILES string of the molecule is CCC(=O)N[C@@H]1CN(c2ccc(-c3ccc(-n4ccnc4)nc3)c(F)c2)C(=O)O1. The molecule has 0 saturated carbocycles. The number of cyclic esters (lactones) is 1. The highest BCUT2D eigenvalue weighted by Gasteiger charge is 2.33. The van der Waals surface area contributed by atoms with Crippen molar-refractivity contribution < 1.29 is 18.7 Å². The number of nitrogens with one attached hydrogen (secondary N) is 1. The number of benzene rings is 1. The van der Waals surface area contributed by atoms with Crippen LogP contribution in [0.1, 0.15) is 13.3 Å². The van der Waals surface area contributed by atoms with Crippen LogP contribution in [0.4, 0.5) is 14.9 Å². The summed E-state index contributed by atoms with van der Waals surface area (Å²) < 4.78 is 21.6. The summed E-state index contributed by atoms with van der Waals surface area (Å²) in [6, 6.07) is 8.02. The number of imidazole rings is 1. The summed E-state index contributed by atoms with van der Waals surface area (Å²) in [6.45, 7) is 1.82. The van der Waals surface area contributed by atoms with Crippen LogP contribution >= 0.6 is 0 Å². The van der Waals surface area contributed by atoms with E-state index in [0.29, 0.717) is 22.6 Å². The Morgan fingerprint density at radius 2 is 2.21 bits per heavy atom. The summed E-state index contributed by atoms with van der Waals surface area (Å²) >= 11 is 0. The van der Waals surface area contributed by atoms with Crippen LogP contribution in [-0.2, 0) is 9.53 Å². The van der Waals surface area contributed by atoms with Gasteiger partial charge in [-0.25, -0.2) is 19.2 Å². The third-order valence-electron chi connectivity index (χ3n) is 4.55. The van der Waals surface area contributed by atoms with Gasteiger partial charge in [0.15, 0.2) is 6.23 Å².